The van der Waals surface area contributed by atoms with Gasteiger partial charge in [0.15, 0.2) is 0 Å². The summed E-state index contributed by atoms with van der Waals surface area (Å²) in [6.07, 6.45) is 8.27. The summed E-state index contributed by atoms with van der Waals surface area (Å²) in [7, 11) is 0. The van der Waals surface area contributed by atoms with E-state index in [1.54, 1.807) is 0 Å². The fraction of sp³-hybridized carbons (Fsp3) is 0.889. The second-order valence-electron chi connectivity index (χ2n) is 6.80. The van der Waals surface area contributed by atoms with Crippen molar-refractivity contribution in [2.75, 3.05) is 0 Å². The molecule has 0 saturated heterocycles. The molecule has 1 N–H and O–H groups in total. The number of esters is 1. The van der Waals surface area contributed by atoms with Gasteiger partial charge >= 0.3 is 11.9 Å². The molecule has 4 nitrogen and oxygen atoms in total. The maximum absolute atomic E-state index is 12.2. The van der Waals surface area contributed by atoms with Crippen LogP contribution in [0.25, 0.3) is 0 Å². The van der Waals surface area contributed by atoms with Crippen molar-refractivity contribution >= 4 is 11.9 Å². The third kappa shape index (κ3) is 6.37. The van der Waals surface area contributed by atoms with Crippen LogP contribution >= 0.6 is 0 Å². The number of carbonyl (C=O) groups is 2. The maximum Gasteiger partial charge on any atom is 0.309 e. The molecule has 0 spiro atoms. The van der Waals surface area contributed by atoms with Gasteiger partial charge in [-0.25, -0.2) is 0 Å². The van der Waals surface area contributed by atoms with Crippen LogP contribution in [-0.4, -0.2) is 23.1 Å². The highest BCUT2D eigenvalue weighted by Gasteiger charge is 2.32. The monoisotopic (exact) mass is 312 g/mol. The van der Waals surface area contributed by atoms with E-state index in [1.807, 2.05) is 6.92 Å². The summed E-state index contributed by atoms with van der Waals surface area (Å²) in [6.45, 7) is 6.34. The van der Waals surface area contributed by atoms with Crippen LogP contribution in [0.4, 0.5) is 0 Å². The molecule has 4 atom stereocenters. The van der Waals surface area contributed by atoms with Gasteiger partial charge in [-0.15, -0.1) is 0 Å². The highest BCUT2D eigenvalue weighted by molar-refractivity contribution is 5.75. The van der Waals surface area contributed by atoms with E-state index in [9.17, 15) is 9.59 Å². The Morgan fingerprint density at radius 2 is 1.91 bits per heavy atom. The lowest BCUT2D eigenvalue weighted by Gasteiger charge is -2.27. The molecule has 128 valence electrons. The smallest absolute Gasteiger partial charge is 0.309 e. The fourth-order valence-electron chi connectivity index (χ4n) is 3.42. The number of hydrogen-bond acceptors (Lipinski definition) is 3. The first kappa shape index (κ1) is 19.0. The lowest BCUT2D eigenvalue weighted by Crippen LogP contribution is -2.30. The van der Waals surface area contributed by atoms with E-state index in [0.717, 1.165) is 25.7 Å². The molecule has 1 fully saturated rings. The third-order valence-corrected chi connectivity index (χ3v) is 4.88. The van der Waals surface area contributed by atoms with Crippen molar-refractivity contribution in [2.45, 2.75) is 84.7 Å². The number of hydrogen-bond donors (Lipinski definition) is 1. The highest BCUT2D eigenvalue weighted by atomic mass is 16.5. The van der Waals surface area contributed by atoms with Crippen LogP contribution in [0.5, 0.6) is 0 Å². The van der Waals surface area contributed by atoms with E-state index in [-0.39, 0.29) is 23.9 Å². The van der Waals surface area contributed by atoms with Crippen LogP contribution in [0, 0.1) is 17.8 Å². The third-order valence-electron chi connectivity index (χ3n) is 4.88. The van der Waals surface area contributed by atoms with Gasteiger partial charge in [-0.2, -0.15) is 0 Å². The predicted octanol–water partition coefficient (Wildman–Crippen LogP) is 4.42. The molecule has 4 heteroatoms. The second kappa shape index (κ2) is 9.86. The Morgan fingerprint density at radius 1 is 1.23 bits per heavy atom. The van der Waals surface area contributed by atoms with Gasteiger partial charge in [0.25, 0.3) is 0 Å². The van der Waals surface area contributed by atoms with Crippen molar-refractivity contribution < 1.29 is 19.4 Å². The summed E-state index contributed by atoms with van der Waals surface area (Å²) >= 11 is 0. The van der Waals surface area contributed by atoms with E-state index in [0.29, 0.717) is 18.8 Å². The van der Waals surface area contributed by atoms with Gasteiger partial charge in [-0.05, 0) is 38.5 Å². The Bertz CT molecular complexity index is 353. The average Bonchev–Trinajstić information content (AvgIpc) is 2.51. The summed E-state index contributed by atoms with van der Waals surface area (Å²) in [4.78, 5) is 23.3. The molecule has 22 heavy (non-hydrogen) atoms. The first-order valence-electron chi connectivity index (χ1n) is 8.91. The van der Waals surface area contributed by atoms with Crippen molar-refractivity contribution in [3.63, 3.8) is 0 Å². The number of ether oxygens (including phenoxy) is 1. The van der Waals surface area contributed by atoms with E-state index < -0.39 is 5.97 Å². The number of unbranched alkanes of at least 4 members (excludes halogenated alkanes) is 1. The van der Waals surface area contributed by atoms with Crippen molar-refractivity contribution in [1.82, 2.24) is 0 Å². The summed E-state index contributed by atoms with van der Waals surface area (Å²) < 4.78 is 5.60. The summed E-state index contributed by atoms with van der Waals surface area (Å²) in [5.41, 5.74) is 0. The number of rotatable bonds is 9. The first-order valence-corrected chi connectivity index (χ1v) is 8.91. The average molecular weight is 312 g/mol. The minimum absolute atomic E-state index is 0.0699. The molecule has 0 aromatic carbocycles. The Balaban J connectivity index is 2.40. The molecule has 0 aromatic heterocycles. The van der Waals surface area contributed by atoms with Crippen LogP contribution in [0.1, 0.15) is 78.6 Å². The number of aliphatic carboxylic acids is 1. The summed E-state index contributed by atoms with van der Waals surface area (Å²) in [5, 5.41) is 9.10. The van der Waals surface area contributed by atoms with E-state index >= 15 is 0 Å². The predicted molar refractivity (Wildman–Crippen MR) is 86.6 cm³/mol. The van der Waals surface area contributed by atoms with Gasteiger partial charge in [0.05, 0.1) is 17.9 Å². The van der Waals surface area contributed by atoms with Crippen molar-refractivity contribution in [2.24, 2.45) is 17.8 Å². The molecule has 1 aliphatic rings. The number of carboxylic acid groups (broad SMARTS) is 1. The molecular weight excluding hydrogens is 280 g/mol. The topological polar surface area (TPSA) is 63.6 Å². The van der Waals surface area contributed by atoms with Gasteiger partial charge in [-0.1, -0.05) is 46.0 Å². The fourth-order valence-corrected chi connectivity index (χ4v) is 3.42. The van der Waals surface area contributed by atoms with Crippen molar-refractivity contribution in [3.8, 4) is 0 Å². The Kier molecular flexibility index (Phi) is 8.51. The number of carbonyl (C=O) groups excluding carboxylic acids is 1. The van der Waals surface area contributed by atoms with E-state index in [2.05, 4.69) is 13.8 Å². The molecule has 4 unspecified atom stereocenters. The molecule has 1 aliphatic carbocycles. The second-order valence-corrected chi connectivity index (χ2v) is 6.80. The minimum atomic E-state index is -0.781. The Labute approximate surface area is 134 Å². The SMILES string of the molecule is CCCCC(CC)CC(C)OC(=O)C1CCCC(C(=O)O)C1. The number of carboxylic acids is 1. The van der Waals surface area contributed by atoms with Crippen LogP contribution in [0.15, 0.2) is 0 Å². The normalized spacial score (nSPS) is 24.5. The lowest BCUT2D eigenvalue weighted by molar-refractivity contribution is -0.157. The first-order chi connectivity index (χ1) is 10.5. The van der Waals surface area contributed by atoms with Crippen molar-refractivity contribution in [3.05, 3.63) is 0 Å². The molecule has 0 aliphatic heterocycles. The molecule has 0 bridgehead atoms. The standard InChI is InChI=1S/C18H32O4/c1-4-6-8-14(5-2)11-13(3)22-18(21)16-10-7-9-15(12-16)17(19)20/h13-16H,4-12H2,1-3H3,(H,19,20). The molecule has 1 rings (SSSR count). The molecule has 0 aromatic rings. The lowest BCUT2D eigenvalue weighted by atomic mass is 9.81. The van der Waals surface area contributed by atoms with Crippen molar-refractivity contribution in [1.29, 1.82) is 0 Å². The Hall–Kier alpha value is -1.06. The Morgan fingerprint density at radius 3 is 2.50 bits per heavy atom. The maximum atomic E-state index is 12.2. The van der Waals surface area contributed by atoms with Gasteiger partial charge in [0, 0.05) is 0 Å². The minimum Gasteiger partial charge on any atom is -0.481 e. The summed E-state index contributed by atoms with van der Waals surface area (Å²) in [6, 6.07) is 0. The molecule has 0 amide bonds. The van der Waals surface area contributed by atoms with Crippen LogP contribution in [0.3, 0.4) is 0 Å². The molecule has 0 heterocycles. The zero-order valence-corrected chi connectivity index (χ0v) is 14.3. The molecular formula is C18H32O4. The molecule has 1 saturated carbocycles. The highest BCUT2D eigenvalue weighted by Crippen LogP contribution is 2.31. The largest absolute Gasteiger partial charge is 0.481 e. The summed E-state index contributed by atoms with van der Waals surface area (Å²) in [5.74, 6) is -0.969. The van der Waals surface area contributed by atoms with Gasteiger partial charge in [-0.3, -0.25) is 9.59 Å². The van der Waals surface area contributed by atoms with Gasteiger partial charge in [0.2, 0.25) is 0 Å². The zero-order chi connectivity index (χ0) is 16.5. The quantitative estimate of drug-likeness (QED) is 0.640. The van der Waals surface area contributed by atoms with E-state index in [1.165, 1.54) is 19.3 Å². The molecule has 0 radical (unpaired) electrons. The van der Waals surface area contributed by atoms with Gasteiger partial charge in [0.1, 0.15) is 0 Å². The van der Waals surface area contributed by atoms with Crippen LogP contribution in [0.2, 0.25) is 0 Å². The van der Waals surface area contributed by atoms with E-state index in [4.69, 9.17) is 9.84 Å². The van der Waals surface area contributed by atoms with Gasteiger partial charge < -0.3 is 9.84 Å². The zero-order valence-electron chi connectivity index (χ0n) is 14.3. The van der Waals surface area contributed by atoms with Crippen LogP contribution < -0.4 is 0 Å². The van der Waals surface area contributed by atoms with Crippen LogP contribution in [-0.2, 0) is 14.3 Å².